The van der Waals surface area contributed by atoms with Crippen LogP contribution in [-0.4, -0.2) is 0 Å². The van der Waals surface area contributed by atoms with Gasteiger partial charge < -0.3 is 14.0 Å². The summed E-state index contributed by atoms with van der Waals surface area (Å²) in [6.07, 6.45) is 6.07. The monoisotopic (exact) mass is 586 g/mol. The lowest BCUT2D eigenvalue weighted by Crippen LogP contribution is -2.37. The molecule has 6 aromatic rings. The number of hydrogen-bond donors (Lipinski definition) is 0. The van der Waals surface area contributed by atoms with Crippen molar-refractivity contribution in [3.63, 3.8) is 0 Å². The topological polar surface area (TPSA) is 35.5 Å². The molecule has 1 atom stereocenters. The van der Waals surface area contributed by atoms with E-state index in [0.717, 1.165) is 68.0 Å². The predicted molar refractivity (Wildman–Crippen MR) is 180 cm³/mol. The van der Waals surface area contributed by atoms with Crippen LogP contribution < -0.4 is 25.4 Å². The largest absolute Gasteiger partial charge is 0.456 e. The van der Waals surface area contributed by atoms with Crippen molar-refractivity contribution in [1.29, 1.82) is 0 Å². The van der Waals surface area contributed by atoms with Gasteiger partial charge in [0.05, 0.1) is 10.6 Å². The highest BCUT2D eigenvalue weighted by molar-refractivity contribution is 7.86. The fourth-order valence-electron chi connectivity index (χ4n) is 6.94. The minimum atomic E-state index is -3.35. The van der Waals surface area contributed by atoms with E-state index in [1.807, 2.05) is 48.5 Å². The summed E-state index contributed by atoms with van der Waals surface area (Å²) in [5.74, 6) is 2.54. The SMILES string of the molecule is O=P12c3ccccc3Oc3ccc(-c4cc(-c5ccccc5)cc(-c5ccccc5)c4)c(c31)Oc1ccc3c(c12)CCC=C3. The van der Waals surface area contributed by atoms with Crippen molar-refractivity contribution < 1.29 is 14.0 Å². The van der Waals surface area contributed by atoms with E-state index >= 15 is 4.57 Å². The number of hydrogen-bond acceptors (Lipinski definition) is 3. The lowest BCUT2D eigenvalue weighted by molar-refractivity contribution is 0.462. The van der Waals surface area contributed by atoms with Gasteiger partial charge in [0, 0.05) is 5.56 Å². The van der Waals surface area contributed by atoms with E-state index in [1.54, 1.807) is 0 Å². The highest BCUT2D eigenvalue weighted by atomic mass is 31.2. The fourth-order valence-corrected chi connectivity index (χ4v) is 10.3. The molecule has 0 fully saturated rings. The Hall–Kier alpha value is -5.11. The second kappa shape index (κ2) is 9.71. The van der Waals surface area contributed by atoms with Gasteiger partial charge in [0.2, 0.25) is 0 Å². The summed E-state index contributed by atoms with van der Waals surface area (Å²) in [7, 11) is -3.35. The van der Waals surface area contributed by atoms with Gasteiger partial charge in [-0.25, -0.2) is 0 Å². The molecule has 0 N–H and O–H groups in total. The molecule has 0 amide bonds. The first-order valence-electron chi connectivity index (χ1n) is 15.0. The number of allylic oxidation sites excluding steroid dienone is 1. The third-order valence-electron chi connectivity index (χ3n) is 8.96. The van der Waals surface area contributed by atoms with Gasteiger partial charge in [-0.05, 0) is 100 Å². The zero-order valence-corrected chi connectivity index (χ0v) is 24.8. The Morgan fingerprint density at radius 1 is 0.545 bits per heavy atom. The summed E-state index contributed by atoms with van der Waals surface area (Å²) < 4.78 is 29.3. The zero-order valence-electron chi connectivity index (χ0n) is 23.9. The van der Waals surface area contributed by atoms with Crippen LogP contribution in [-0.2, 0) is 11.0 Å². The standard InChI is InChI=1S/C40H27O3P/c41-44-37-18-10-9-17-34(37)42-36-22-20-32(38(40(36)44)43-35-21-19-28-15-7-8-16-33(28)39(35)44)31-24-29(26-11-3-1-4-12-26)23-30(25-31)27-13-5-2-6-14-27/h1-7,9-15,17-25H,8,16H2. The van der Waals surface area contributed by atoms with Crippen LogP contribution in [0.4, 0.5) is 0 Å². The number of para-hydroxylation sites is 1. The quantitative estimate of drug-likeness (QED) is 0.194. The average Bonchev–Trinajstić information content (AvgIpc) is 3.09. The smallest absolute Gasteiger partial charge is 0.186 e. The van der Waals surface area contributed by atoms with E-state index in [4.69, 9.17) is 9.47 Å². The maximum Gasteiger partial charge on any atom is 0.186 e. The highest BCUT2D eigenvalue weighted by Gasteiger charge is 2.48. The molecular formula is C40H27O3P. The molecule has 0 saturated carbocycles. The number of ether oxygens (including phenoxy) is 2. The summed E-state index contributed by atoms with van der Waals surface area (Å²) in [6, 6.07) is 43.4. The van der Waals surface area contributed by atoms with Crippen molar-refractivity contribution in [2.24, 2.45) is 0 Å². The molecule has 0 bridgehead atoms. The Morgan fingerprint density at radius 3 is 1.93 bits per heavy atom. The first-order chi connectivity index (χ1) is 21.7. The van der Waals surface area contributed by atoms with Crippen LogP contribution in [0.5, 0.6) is 23.0 Å². The van der Waals surface area contributed by atoms with Crippen LogP contribution >= 0.6 is 7.14 Å². The molecule has 0 saturated heterocycles. The van der Waals surface area contributed by atoms with E-state index < -0.39 is 7.14 Å². The molecule has 3 aliphatic rings. The predicted octanol–water partition coefficient (Wildman–Crippen LogP) is 9.50. The van der Waals surface area contributed by atoms with Crippen LogP contribution in [0, 0.1) is 0 Å². The third-order valence-corrected chi connectivity index (χ3v) is 12.2. The second-order valence-corrected chi connectivity index (χ2v) is 14.1. The van der Waals surface area contributed by atoms with Gasteiger partial charge in [0.25, 0.3) is 0 Å². The summed E-state index contributed by atoms with van der Waals surface area (Å²) in [4.78, 5) is 0. The first kappa shape index (κ1) is 25.4. The normalized spacial score (nSPS) is 16.9. The molecule has 2 heterocycles. The number of rotatable bonds is 3. The fraction of sp³-hybridized carbons (Fsp3) is 0.0500. The molecule has 6 aromatic carbocycles. The lowest BCUT2D eigenvalue weighted by atomic mass is 9.93. The summed E-state index contributed by atoms with van der Waals surface area (Å²) >= 11 is 0. The molecule has 210 valence electrons. The zero-order chi connectivity index (χ0) is 29.3. The minimum Gasteiger partial charge on any atom is -0.456 e. The Kier molecular flexibility index (Phi) is 5.60. The van der Waals surface area contributed by atoms with E-state index in [1.165, 1.54) is 0 Å². The molecule has 44 heavy (non-hydrogen) atoms. The van der Waals surface area contributed by atoms with Gasteiger partial charge >= 0.3 is 0 Å². The second-order valence-electron chi connectivity index (χ2n) is 11.5. The molecule has 2 aliphatic heterocycles. The third kappa shape index (κ3) is 3.73. The van der Waals surface area contributed by atoms with E-state index in [9.17, 15) is 0 Å². The van der Waals surface area contributed by atoms with Gasteiger partial charge in [0.1, 0.15) is 28.3 Å². The molecule has 9 rings (SSSR count). The van der Waals surface area contributed by atoms with Crippen LogP contribution in [0.3, 0.4) is 0 Å². The minimum absolute atomic E-state index is 0.600. The molecule has 3 nitrogen and oxygen atoms in total. The molecule has 0 spiro atoms. The van der Waals surface area contributed by atoms with Gasteiger partial charge in [-0.1, -0.05) is 91.0 Å². The summed E-state index contributed by atoms with van der Waals surface area (Å²) in [5.41, 5.74) is 8.59. The summed E-state index contributed by atoms with van der Waals surface area (Å²) in [5, 5.41) is 2.22. The number of fused-ring (bicyclic) bond motifs is 6. The molecule has 1 aliphatic carbocycles. The highest BCUT2D eigenvalue weighted by Crippen LogP contribution is 2.61. The van der Waals surface area contributed by atoms with Gasteiger partial charge in [-0.15, -0.1) is 0 Å². The van der Waals surface area contributed by atoms with E-state index in [0.29, 0.717) is 28.3 Å². The van der Waals surface area contributed by atoms with Gasteiger partial charge in [-0.2, -0.15) is 0 Å². The molecule has 1 unspecified atom stereocenters. The Morgan fingerprint density at radius 2 is 1.18 bits per heavy atom. The van der Waals surface area contributed by atoms with Crippen LogP contribution in [0.2, 0.25) is 0 Å². The van der Waals surface area contributed by atoms with E-state index in [2.05, 4.69) is 91.0 Å². The Balaban J connectivity index is 1.33. The molecule has 0 radical (unpaired) electrons. The van der Waals surface area contributed by atoms with Crippen LogP contribution in [0.1, 0.15) is 17.5 Å². The van der Waals surface area contributed by atoms with Crippen molar-refractivity contribution in [3.05, 3.63) is 145 Å². The first-order valence-corrected chi connectivity index (χ1v) is 16.7. The van der Waals surface area contributed by atoms with Crippen molar-refractivity contribution in [3.8, 4) is 56.4 Å². The summed E-state index contributed by atoms with van der Waals surface area (Å²) in [6.45, 7) is 0. The molecule has 4 heteroatoms. The van der Waals surface area contributed by atoms with Crippen molar-refractivity contribution >= 4 is 29.1 Å². The van der Waals surface area contributed by atoms with Gasteiger partial charge in [0.15, 0.2) is 7.14 Å². The average molecular weight is 587 g/mol. The molecule has 0 aromatic heterocycles. The van der Waals surface area contributed by atoms with Crippen molar-refractivity contribution in [2.75, 3.05) is 0 Å². The Labute approximate surface area is 256 Å². The molecular weight excluding hydrogens is 559 g/mol. The maximum atomic E-state index is 16.0. The maximum absolute atomic E-state index is 16.0. The van der Waals surface area contributed by atoms with Crippen LogP contribution in [0.25, 0.3) is 39.5 Å². The Bertz CT molecular complexity index is 2140. The number of benzene rings is 6. The van der Waals surface area contributed by atoms with Crippen molar-refractivity contribution in [2.45, 2.75) is 12.8 Å². The van der Waals surface area contributed by atoms with Gasteiger partial charge in [-0.3, -0.25) is 0 Å². The van der Waals surface area contributed by atoms with Crippen LogP contribution in [0.15, 0.2) is 133 Å². The lowest BCUT2D eigenvalue weighted by Gasteiger charge is -2.37. The van der Waals surface area contributed by atoms with Crippen molar-refractivity contribution in [1.82, 2.24) is 0 Å². The van der Waals surface area contributed by atoms with E-state index in [-0.39, 0.29) is 0 Å².